The number of ether oxygens (including phenoxy) is 1. The fourth-order valence-corrected chi connectivity index (χ4v) is 3.18. The van der Waals surface area contributed by atoms with Crippen LogP contribution in [0.25, 0.3) is 11.1 Å². The van der Waals surface area contributed by atoms with Crippen molar-refractivity contribution in [2.75, 3.05) is 20.6 Å². The number of hydrogen-bond donors (Lipinski definition) is 3. The minimum Gasteiger partial charge on any atom is -0.481 e. The topological polar surface area (TPSA) is 137 Å². The number of nitrogens with two attached hydrogens (primary N) is 3. The van der Waals surface area contributed by atoms with Crippen LogP contribution in [0.4, 0.5) is 0 Å². The predicted octanol–water partition coefficient (Wildman–Crippen LogP) is 2.26. The van der Waals surface area contributed by atoms with Crippen molar-refractivity contribution in [3.63, 3.8) is 0 Å². The fourth-order valence-electron chi connectivity index (χ4n) is 2.66. The highest BCUT2D eigenvalue weighted by atomic mass is 35.5. The second-order valence-corrected chi connectivity index (χ2v) is 7.72. The summed E-state index contributed by atoms with van der Waals surface area (Å²) < 4.78 is 5.81. The van der Waals surface area contributed by atoms with E-state index in [4.69, 9.17) is 45.1 Å². The van der Waals surface area contributed by atoms with Gasteiger partial charge in [0.15, 0.2) is 12.1 Å². The van der Waals surface area contributed by atoms with Gasteiger partial charge in [-0.3, -0.25) is 9.59 Å². The zero-order chi connectivity index (χ0) is 22.4. The maximum atomic E-state index is 12.4. The Hall–Kier alpha value is -2.81. The van der Waals surface area contributed by atoms with Crippen LogP contribution in [0.15, 0.2) is 41.4 Å². The smallest absolute Gasteiger partial charge is 0.280 e. The summed E-state index contributed by atoms with van der Waals surface area (Å²) in [7, 11) is 3.74. The lowest BCUT2D eigenvalue weighted by molar-refractivity contribution is -0.125. The molecule has 0 heterocycles. The van der Waals surface area contributed by atoms with Crippen molar-refractivity contribution in [2.24, 2.45) is 22.2 Å². The Bertz CT molecular complexity index is 955. The lowest BCUT2D eigenvalue weighted by Crippen LogP contribution is -2.36. The zero-order valence-corrected chi connectivity index (χ0v) is 18.1. The molecule has 0 bridgehead atoms. The minimum absolute atomic E-state index is 0.155. The number of rotatable bonds is 8. The lowest BCUT2D eigenvalue weighted by Gasteiger charge is -2.19. The van der Waals surface area contributed by atoms with Crippen molar-refractivity contribution >= 4 is 41.0 Å². The van der Waals surface area contributed by atoms with E-state index in [0.29, 0.717) is 34.1 Å². The van der Waals surface area contributed by atoms with Crippen molar-refractivity contribution in [2.45, 2.75) is 12.5 Å². The molecule has 0 radical (unpaired) electrons. The van der Waals surface area contributed by atoms with E-state index in [0.717, 1.165) is 0 Å². The number of hydrogen-bond acceptors (Lipinski definition) is 4. The van der Waals surface area contributed by atoms with Gasteiger partial charge in [-0.1, -0.05) is 23.2 Å². The van der Waals surface area contributed by atoms with Gasteiger partial charge in [0.2, 0.25) is 0 Å². The van der Waals surface area contributed by atoms with Crippen LogP contribution in [0.3, 0.4) is 0 Å². The zero-order valence-electron chi connectivity index (χ0n) is 16.6. The summed E-state index contributed by atoms with van der Waals surface area (Å²) in [6.45, 7) is 0.580. The molecule has 6 N–H and O–H groups in total. The monoisotopic (exact) mass is 451 g/mol. The molecule has 0 aliphatic rings. The molecule has 0 saturated carbocycles. The summed E-state index contributed by atoms with van der Waals surface area (Å²) in [5, 5.41) is 0.837. The number of amides is 2. The van der Waals surface area contributed by atoms with Crippen LogP contribution in [-0.2, 0) is 4.79 Å². The Morgan fingerprint density at radius 2 is 1.60 bits per heavy atom. The molecule has 1 unspecified atom stereocenters. The Balaban J connectivity index is 2.51. The molecule has 30 heavy (non-hydrogen) atoms. The number of carbonyl (C=O) groups excluding carboxylic acids is 2. The van der Waals surface area contributed by atoms with E-state index in [9.17, 15) is 9.59 Å². The van der Waals surface area contributed by atoms with E-state index >= 15 is 0 Å². The molecule has 0 aliphatic carbocycles. The molecule has 0 aromatic heterocycles. The molecule has 0 saturated heterocycles. The number of halogens is 2. The lowest BCUT2D eigenvalue weighted by atomic mass is 10.0. The second kappa shape index (κ2) is 10.3. The fraction of sp³-hybridized carbons (Fsp3) is 0.250. The van der Waals surface area contributed by atoms with Crippen molar-refractivity contribution in [3.8, 4) is 16.9 Å². The van der Waals surface area contributed by atoms with E-state index in [1.807, 2.05) is 19.0 Å². The van der Waals surface area contributed by atoms with Gasteiger partial charge in [-0.2, -0.15) is 4.99 Å². The van der Waals surface area contributed by atoms with Gasteiger partial charge in [0.25, 0.3) is 11.8 Å². The average Bonchev–Trinajstić information content (AvgIpc) is 2.63. The largest absolute Gasteiger partial charge is 0.481 e. The normalized spacial score (nSPS) is 11.8. The van der Waals surface area contributed by atoms with E-state index in [1.54, 1.807) is 30.3 Å². The first kappa shape index (κ1) is 23.5. The van der Waals surface area contributed by atoms with Gasteiger partial charge in [-0.15, -0.1) is 0 Å². The summed E-state index contributed by atoms with van der Waals surface area (Å²) >= 11 is 12.2. The highest BCUT2D eigenvalue weighted by Crippen LogP contribution is 2.31. The van der Waals surface area contributed by atoms with E-state index in [1.165, 1.54) is 6.07 Å². The number of benzene rings is 2. The van der Waals surface area contributed by atoms with Gasteiger partial charge in [0, 0.05) is 28.6 Å². The van der Waals surface area contributed by atoms with Crippen LogP contribution in [0, 0.1) is 0 Å². The van der Waals surface area contributed by atoms with Crippen molar-refractivity contribution in [1.29, 1.82) is 0 Å². The van der Waals surface area contributed by atoms with Gasteiger partial charge in [0.05, 0.1) is 0 Å². The number of aliphatic imine (C=N–C) groups is 1. The molecule has 2 rings (SSSR count). The number of guanidine groups is 1. The molecular formula is C20H23Cl2N5O3. The van der Waals surface area contributed by atoms with Gasteiger partial charge >= 0.3 is 0 Å². The van der Waals surface area contributed by atoms with Crippen LogP contribution in [0.1, 0.15) is 16.8 Å². The summed E-state index contributed by atoms with van der Waals surface area (Å²) in [5.74, 6) is -1.41. The third kappa shape index (κ3) is 6.91. The van der Waals surface area contributed by atoms with E-state index in [-0.39, 0.29) is 17.3 Å². The molecule has 2 aromatic carbocycles. The minimum atomic E-state index is -0.892. The number of nitrogens with zero attached hydrogens (tertiary/aromatic N) is 2. The summed E-state index contributed by atoms with van der Waals surface area (Å²) in [6.07, 6.45) is -0.524. The van der Waals surface area contributed by atoms with Gasteiger partial charge < -0.3 is 26.8 Å². The van der Waals surface area contributed by atoms with Gasteiger partial charge in [-0.05, 0) is 61.6 Å². The molecule has 2 aromatic rings. The molecule has 1 atom stereocenters. The first-order valence-corrected chi connectivity index (χ1v) is 9.67. The molecule has 8 nitrogen and oxygen atoms in total. The van der Waals surface area contributed by atoms with Crippen LogP contribution in [0.2, 0.25) is 10.0 Å². The van der Waals surface area contributed by atoms with Crippen LogP contribution in [0.5, 0.6) is 5.75 Å². The number of carbonyl (C=O) groups is 2. The molecule has 0 aliphatic heterocycles. The van der Waals surface area contributed by atoms with E-state index < -0.39 is 17.9 Å². The Morgan fingerprint density at radius 3 is 2.13 bits per heavy atom. The molecule has 2 amide bonds. The summed E-state index contributed by atoms with van der Waals surface area (Å²) in [5.41, 5.74) is 17.5. The Labute approximate surface area is 184 Å². The highest BCUT2D eigenvalue weighted by Gasteiger charge is 2.19. The molecule has 160 valence electrons. The maximum Gasteiger partial charge on any atom is 0.280 e. The Morgan fingerprint density at radius 1 is 1.00 bits per heavy atom. The quantitative estimate of drug-likeness (QED) is 0.415. The first-order valence-electron chi connectivity index (χ1n) is 8.91. The standard InChI is InChI=1S/C20H23Cl2N5O3/c1-27(2)4-3-17(18(23)28)30-16-8-11(12-6-14(21)10-15(22)7-12)5-13(9-16)19(29)26-20(24)25/h5-10,17H,3-4H2,1-2H3,(H2,23,28)(H4,24,25,26,29). The number of primary amides is 1. The third-order valence-electron chi connectivity index (χ3n) is 4.01. The summed E-state index contributed by atoms with van der Waals surface area (Å²) in [4.78, 5) is 29.7. The Kier molecular flexibility index (Phi) is 8.05. The molecular weight excluding hydrogens is 429 g/mol. The third-order valence-corrected chi connectivity index (χ3v) is 4.45. The van der Waals surface area contributed by atoms with Crippen molar-refractivity contribution < 1.29 is 14.3 Å². The first-order chi connectivity index (χ1) is 14.0. The molecule has 0 fully saturated rings. The molecule has 0 spiro atoms. The van der Waals surface area contributed by atoms with Crippen molar-refractivity contribution in [3.05, 3.63) is 52.0 Å². The average molecular weight is 452 g/mol. The second-order valence-electron chi connectivity index (χ2n) is 6.85. The van der Waals surface area contributed by atoms with Gasteiger partial charge in [-0.25, -0.2) is 0 Å². The van der Waals surface area contributed by atoms with Crippen LogP contribution in [-0.4, -0.2) is 49.4 Å². The predicted molar refractivity (Wildman–Crippen MR) is 119 cm³/mol. The van der Waals surface area contributed by atoms with Crippen LogP contribution < -0.4 is 21.9 Å². The van der Waals surface area contributed by atoms with Crippen LogP contribution >= 0.6 is 23.2 Å². The summed E-state index contributed by atoms with van der Waals surface area (Å²) in [6, 6.07) is 9.61. The maximum absolute atomic E-state index is 12.4. The van der Waals surface area contributed by atoms with Gasteiger partial charge in [0.1, 0.15) is 5.75 Å². The highest BCUT2D eigenvalue weighted by molar-refractivity contribution is 6.35. The SMILES string of the molecule is CN(C)CCC(Oc1cc(C(=O)N=C(N)N)cc(-c2cc(Cl)cc(Cl)c2)c1)C(N)=O. The molecule has 10 heteroatoms. The van der Waals surface area contributed by atoms with Crippen molar-refractivity contribution in [1.82, 2.24) is 4.90 Å². The van der Waals surface area contributed by atoms with E-state index in [2.05, 4.69) is 4.99 Å².